The number of hydrogen-bond donors (Lipinski definition) is 1. The Morgan fingerprint density at radius 3 is 2.86 bits per heavy atom. The first kappa shape index (κ1) is 8.55. The minimum Gasteiger partial charge on any atom is -0.407 e. The smallest absolute Gasteiger partial charge is 0.407 e. The summed E-state index contributed by atoms with van der Waals surface area (Å²) in [6, 6.07) is 6.25. The maximum Gasteiger partial charge on any atom is 0.428 e. The number of hydrogen-bond acceptors (Lipinski definition) is 3. The van der Waals surface area contributed by atoms with E-state index < -0.39 is 11.8 Å². The summed E-state index contributed by atoms with van der Waals surface area (Å²) in [5.41, 5.74) is 0.873. The van der Waals surface area contributed by atoms with E-state index in [1.807, 2.05) is 0 Å². The minimum atomic E-state index is -0.675. The molecule has 0 saturated carbocycles. The van der Waals surface area contributed by atoms with Crippen LogP contribution in [0.3, 0.4) is 0 Å². The second-order valence-electron chi connectivity index (χ2n) is 2.73. The minimum absolute atomic E-state index is 0.404. The normalized spacial score (nSPS) is 10.4. The summed E-state index contributed by atoms with van der Waals surface area (Å²) in [4.78, 5) is 22.6. The number of nitrogens with zero attached hydrogens (tertiary/aromatic N) is 1. The summed E-state index contributed by atoms with van der Waals surface area (Å²) in [5, 5.41) is 2.36. The van der Waals surface area contributed by atoms with Gasteiger partial charge in [0.25, 0.3) is 0 Å². The third kappa shape index (κ3) is 1.10. The fraction of sp³-hybridized carbons (Fsp3) is 0.111. The molecule has 0 atom stereocenters. The van der Waals surface area contributed by atoms with E-state index >= 15 is 0 Å². The largest absolute Gasteiger partial charge is 0.428 e. The SMILES string of the molecule is CNC(=O)n1c(=O)oc2ccccc21. The second kappa shape index (κ2) is 3.02. The number of oxazole rings is 1. The van der Waals surface area contributed by atoms with Crippen LogP contribution in [-0.4, -0.2) is 17.6 Å². The van der Waals surface area contributed by atoms with E-state index in [0.29, 0.717) is 11.1 Å². The predicted octanol–water partition coefficient (Wildman–Crippen LogP) is 0.782. The van der Waals surface area contributed by atoms with Crippen LogP contribution in [0.5, 0.6) is 0 Å². The van der Waals surface area contributed by atoms with Crippen molar-refractivity contribution < 1.29 is 9.21 Å². The van der Waals surface area contributed by atoms with Crippen LogP contribution in [0.2, 0.25) is 0 Å². The van der Waals surface area contributed by atoms with Crippen LogP contribution in [0.15, 0.2) is 33.5 Å². The number of carbonyl (C=O) groups is 1. The quantitative estimate of drug-likeness (QED) is 0.670. The van der Waals surface area contributed by atoms with Crippen LogP contribution in [0.25, 0.3) is 11.1 Å². The molecule has 1 N–H and O–H groups in total. The van der Waals surface area contributed by atoms with Crippen molar-refractivity contribution in [2.24, 2.45) is 0 Å². The van der Waals surface area contributed by atoms with Crippen molar-refractivity contribution in [3.05, 3.63) is 34.8 Å². The van der Waals surface area contributed by atoms with Gasteiger partial charge in [0.2, 0.25) is 0 Å². The molecule has 72 valence electrons. The molecule has 0 saturated heterocycles. The van der Waals surface area contributed by atoms with Crippen molar-refractivity contribution >= 4 is 17.1 Å². The Balaban J connectivity index is 2.81. The molecule has 1 heterocycles. The number of fused-ring (bicyclic) bond motifs is 1. The third-order valence-corrected chi connectivity index (χ3v) is 1.90. The molecule has 0 aliphatic rings. The molecule has 14 heavy (non-hydrogen) atoms. The Hall–Kier alpha value is -2.04. The molecule has 0 aliphatic heterocycles. The zero-order valence-electron chi connectivity index (χ0n) is 7.48. The summed E-state index contributed by atoms with van der Waals surface area (Å²) in [5.74, 6) is -0.675. The fourth-order valence-electron chi connectivity index (χ4n) is 1.27. The highest BCUT2D eigenvalue weighted by atomic mass is 16.4. The number of aromatic nitrogens is 1. The molecule has 1 aromatic carbocycles. The van der Waals surface area contributed by atoms with Crippen molar-refractivity contribution in [3.8, 4) is 0 Å². The van der Waals surface area contributed by atoms with Gasteiger partial charge in [-0.05, 0) is 12.1 Å². The van der Waals surface area contributed by atoms with Gasteiger partial charge in [0.05, 0.1) is 5.52 Å². The van der Waals surface area contributed by atoms with Crippen molar-refractivity contribution in [2.75, 3.05) is 7.05 Å². The molecule has 0 fully saturated rings. The molecule has 2 rings (SSSR count). The lowest BCUT2D eigenvalue weighted by Crippen LogP contribution is -2.31. The van der Waals surface area contributed by atoms with Crippen molar-refractivity contribution in [2.45, 2.75) is 0 Å². The molecule has 0 unspecified atom stereocenters. The van der Waals surface area contributed by atoms with E-state index in [4.69, 9.17) is 4.42 Å². The monoisotopic (exact) mass is 192 g/mol. The highest BCUT2D eigenvalue weighted by molar-refractivity contribution is 5.87. The van der Waals surface area contributed by atoms with Crippen LogP contribution in [0.1, 0.15) is 0 Å². The van der Waals surface area contributed by atoms with Gasteiger partial charge < -0.3 is 9.73 Å². The van der Waals surface area contributed by atoms with Gasteiger partial charge in [-0.15, -0.1) is 0 Å². The Bertz CT molecular complexity index is 538. The number of benzene rings is 1. The molecular weight excluding hydrogens is 184 g/mol. The Labute approximate surface area is 78.9 Å². The molecule has 0 bridgehead atoms. The number of amides is 1. The van der Waals surface area contributed by atoms with Gasteiger partial charge >= 0.3 is 11.8 Å². The van der Waals surface area contributed by atoms with Crippen LogP contribution in [-0.2, 0) is 0 Å². The van der Waals surface area contributed by atoms with Crippen LogP contribution < -0.4 is 11.1 Å². The van der Waals surface area contributed by atoms with E-state index in [-0.39, 0.29) is 0 Å². The zero-order chi connectivity index (χ0) is 10.1. The number of carbonyl (C=O) groups excluding carboxylic acids is 1. The van der Waals surface area contributed by atoms with Crippen molar-refractivity contribution in [1.82, 2.24) is 9.88 Å². The molecule has 5 heteroatoms. The van der Waals surface area contributed by atoms with Gasteiger partial charge in [-0.25, -0.2) is 9.59 Å². The first-order chi connectivity index (χ1) is 6.74. The third-order valence-electron chi connectivity index (χ3n) is 1.90. The molecule has 1 aromatic heterocycles. The average Bonchev–Trinajstić information content (AvgIpc) is 2.53. The van der Waals surface area contributed by atoms with Gasteiger partial charge in [0, 0.05) is 7.05 Å². The topological polar surface area (TPSA) is 64.2 Å². The lowest BCUT2D eigenvalue weighted by atomic mass is 10.3. The average molecular weight is 192 g/mol. The van der Waals surface area contributed by atoms with E-state index in [1.165, 1.54) is 7.05 Å². The van der Waals surface area contributed by atoms with Crippen molar-refractivity contribution in [3.63, 3.8) is 0 Å². The molecule has 0 aliphatic carbocycles. The lowest BCUT2D eigenvalue weighted by molar-refractivity contribution is 0.243. The Morgan fingerprint density at radius 1 is 1.43 bits per heavy atom. The maximum atomic E-state index is 11.3. The molecule has 0 spiro atoms. The van der Waals surface area contributed by atoms with Crippen LogP contribution >= 0.6 is 0 Å². The van der Waals surface area contributed by atoms with Gasteiger partial charge in [-0.2, -0.15) is 4.57 Å². The molecule has 5 nitrogen and oxygen atoms in total. The predicted molar refractivity (Wildman–Crippen MR) is 50.3 cm³/mol. The summed E-state index contributed by atoms with van der Waals surface area (Å²) < 4.78 is 5.82. The van der Waals surface area contributed by atoms with Crippen LogP contribution in [0.4, 0.5) is 4.79 Å². The Kier molecular flexibility index (Phi) is 1.85. The van der Waals surface area contributed by atoms with Crippen molar-refractivity contribution in [1.29, 1.82) is 0 Å². The summed E-state index contributed by atoms with van der Waals surface area (Å²) in [7, 11) is 1.45. The van der Waals surface area contributed by atoms with Gasteiger partial charge in [0.15, 0.2) is 5.58 Å². The maximum absolute atomic E-state index is 11.3. The molecular formula is C9H8N2O3. The van der Waals surface area contributed by atoms with E-state index in [0.717, 1.165) is 4.57 Å². The molecule has 2 aromatic rings. The Morgan fingerprint density at radius 2 is 2.14 bits per heavy atom. The number of rotatable bonds is 0. The van der Waals surface area contributed by atoms with Gasteiger partial charge in [-0.3, -0.25) is 0 Å². The van der Waals surface area contributed by atoms with Gasteiger partial charge in [-0.1, -0.05) is 12.1 Å². The standard InChI is InChI=1S/C9H8N2O3/c1-10-8(12)11-6-4-2-3-5-7(6)14-9(11)13/h2-5H,1H3,(H,10,12). The first-order valence-corrected chi connectivity index (χ1v) is 4.06. The van der Waals surface area contributed by atoms with Gasteiger partial charge in [0.1, 0.15) is 0 Å². The first-order valence-electron chi connectivity index (χ1n) is 4.06. The molecule has 0 radical (unpaired) electrons. The summed E-state index contributed by atoms with van der Waals surface area (Å²) >= 11 is 0. The van der Waals surface area contributed by atoms with Crippen LogP contribution in [0, 0.1) is 0 Å². The summed E-state index contributed by atoms with van der Waals surface area (Å²) in [6.45, 7) is 0. The number of para-hydroxylation sites is 2. The summed E-state index contributed by atoms with van der Waals surface area (Å²) in [6.07, 6.45) is 0. The fourth-order valence-corrected chi connectivity index (χ4v) is 1.27. The van der Waals surface area contributed by atoms with E-state index in [2.05, 4.69) is 5.32 Å². The zero-order valence-corrected chi connectivity index (χ0v) is 7.48. The second-order valence-corrected chi connectivity index (χ2v) is 2.73. The highest BCUT2D eigenvalue weighted by Crippen LogP contribution is 2.10. The molecule has 1 amide bonds. The highest BCUT2D eigenvalue weighted by Gasteiger charge is 2.13. The lowest BCUT2D eigenvalue weighted by Gasteiger charge is -1.97. The van der Waals surface area contributed by atoms with E-state index in [9.17, 15) is 9.59 Å². The van der Waals surface area contributed by atoms with E-state index in [1.54, 1.807) is 24.3 Å². The number of nitrogens with one attached hydrogen (secondary N) is 1.